The van der Waals surface area contributed by atoms with Crippen molar-refractivity contribution in [1.82, 2.24) is 15.3 Å². The van der Waals surface area contributed by atoms with E-state index < -0.39 is 24.1 Å². The van der Waals surface area contributed by atoms with Crippen LogP contribution >= 0.6 is 0 Å². The molecule has 98 valence electrons. The highest BCUT2D eigenvalue weighted by Crippen LogP contribution is 2.15. The van der Waals surface area contributed by atoms with Crippen LogP contribution in [0.15, 0.2) is 18.6 Å². The lowest BCUT2D eigenvalue weighted by Crippen LogP contribution is -2.48. The third-order valence-electron chi connectivity index (χ3n) is 1.92. The van der Waals surface area contributed by atoms with Crippen LogP contribution in [0.2, 0.25) is 0 Å². The smallest absolute Gasteiger partial charge is 0.471 e. The molecule has 0 bridgehead atoms. The molecule has 1 rings (SSSR count). The Kier molecular flexibility index (Phi) is 4.18. The molecule has 1 aromatic heterocycles. The lowest BCUT2D eigenvalue weighted by molar-refractivity contribution is -0.175. The summed E-state index contributed by atoms with van der Waals surface area (Å²) < 4.78 is 35.9. The number of aliphatic carboxylic acids is 1. The Morgan fingerprint density at radius 1 is 1.44 bits per heavy atom. The average Bonchev–Trinajstić information content (AvgIpc) is 2.28. The van der Waals surface area contributed by atoms with Gasteiger partial charge in [0.05, 0.1) is 0 Å². The first-order chi connectivity index (χ1) is 8.30. The number of carboxylic acids is 1. The zero-order valence-corrected chi connectivity index (χ0v) is 8.81. The molecule has 1 aromatic rings. The number of halogens is 3. The fourth-order valence-corrected chi connectivity index (χ4v) is 1.09. The first-order valence-electron chi connectivity index (χ1n) is 4.66. The fraction of sp³-hybridized carbons (Fsp3) is 0.333. The van der Waals surface area contributed by atoms with E-state index >= 15 is 0 Å². The van der Waals surface area contributed by atoms with Crippen LogP contribution in [-0.4, -0.2) is 39.2 Å². The van der Waals surface area contributed by atoms with Gasteiger partial charge in [-0.05, 0) is 6.07 Å². The van der Waals surface area contributed by atoms with Gasteiger partial charge >= 0.3 is 18.1 Å². The fourth-order valence-electron chi connectivity index (χ4n) is 1.09. The van der Waals surface area contributed by atoms with Gasteiger partial charge < -0.3 is 10.4 Å². The molecule has 0 saturated heterocycles. The third kappa shape index (κ3) is 4.00. The van der Waals surface area contributed by atoms with Crippen LogP contribution in [0.4, 0.5) is 13.2 Å². The van der Waals surface area contributed by atoms with E-state index in [-0.39, 0.29) is 12.1 Å². The summed E-state index contributed by atoms with van der Waals surface area (Å²) in [6, 6.07) is -0.357. The van der Waals surface area contributed by atoms with Gasteiger partial charge in [0.15, 0.2) is 0 Å². The molecule has 2 N–H and O–H groups in total. The van der Waals surface area contributed by atoms with Gasteiger partial charge in [0.1, 0.15) is 12.4 Å². The summed E-state index contributed by atoms with van der Waals surface area (Å²) in [5, 5.41) is 10.1. The number of aromatic nitrogens is 2. The van der Waals surface area contributed by atoms with E-state index in [9.17, 15) is 22.8 Å². The Hall–Kier alpha value is -2.19. The van der Waals surface area contributed by atoms with Crippen LogP contribution in [0.1, 0.15) is 5.69 Å². The maximum atomic E-state index is 12.0. The van der Waals surface area contributed by atoms with E-state index in [0.717, 1.165) is 6.33 Å². The van der Waals surface area contributed by atoms with Crippen LogP contribution in [0.3, 0.4) is 0 Å². The zero-order valence-electron chi connectivity index (χ0n) is 8.81. The molecule has 1 atom stereocenters. The van der Waals surface area contributed by atoms with Gasteiger partial charge in [-0.1, -0.05) is 0 Å². The third-order valence-corrected chi connectivity index (χ3v) is 1.92. The lowest BCUT2D eigenvalue weighted by Gasteiger charge is -2.15. The van der Waals surface area contributed by atoms with E-state index in [2.05, 4.69) is 9.97 Å². The average molecular weight is 263 g/mol. The van der Waals surface area contributed by atoms with Gasteiger partial charge in [0.2, 0.25) is 0 Å². The van der Waals surface area contributed by atoms with E-state index in [4.69, 9.17) is 5.11 Å². The van der Waals surface area contributed by atoms with E-state index in [1.165, 1.54) is 17.6 Å². The normalized spacial score (nSPS) is 12.8. The molecule has 6 nitrogen and oxygen atoms in total. The molecule has 9 heteroatoms. The quantitative estimate of drug-likeness (QED) is 0.806. The Morgan fingerprint density at radius 2 is 2.11 bits per heavy atom. The molecule has 0 unspecified atom stereocenters. The number of carboxylic acid groups (broad SMARTS) is 1. The van der Waals surface area contributed by atoms with Crippen molar-refractivity contribution in [3.8, 4) is 0 Å². The van der Waals surface area contributed by atoms with E-state index in [1.54, 1.807) is 0 Å². The van der Waals surface area contributed by atoms with Crippen molar-refractivity contribution in [2.75, 3.05) is 0 Å². The highest BCUT2D eigenvalue weighted by molar-refractivity contribution is 5.87. The Morgan fingerprint density at radius 3 is 2.56 bits per heavy atom. The molecular weight excluding hydrogens is 255 g/mol. The molecule has 1 heterocycles. The number of rotatable bonds is 4. The molecule has 0 aliphatic heterocycles. The standard InChI is InChI=1S/C9H8F3N3O3/c10-9(11,12)8(18)15-6(7(16)17)3-5-1-2-13-4-14-5/h1-2,4,6H,3H2,(H,15,18)(H,16,17)/t6-/m0/s1. The van der Waals surface area contributed by atoms with Gasteiger partial charge in [-0.15, -0.1) is 0 Å². The summed E-state index contributed by atoms with van der Waals surface area (Å²) in [6.45, 7) is 0. The topological polar surface area (TPSA) is 92.2 Å². The second kappa shape index (κ2) is 5.43. The molecule has 0 aliphatic rings. The summed E-state index contributed by atoms with van der Waals surface area (Å²) in [6.07, 6.45) is -3.05. The number of nitrogens with zero attached hydrogens (tertiary/aromatic N) is 2. The first-order valence-corrected chi connectivity index (χ1v) is 4.66. The SMILES string of the molecule is O=C(O)[C@H](Cc1ccncn1)NC(=O)C(F)(F)F. The molecule has 0 fully saturated rings. The predicted octanol–water partition coefficient (Wildman–Crippen LogP) is 0.151. The molecule has 0 radical (unpaired) electrons. The van der Waals surface area contributed by atoms with Crippen LogP contribution < -0.4 is 5.32 Å². The monoisotopic (exact) mass is 263 g/mol. The summed E-state index contributed by atoms with van der Waals surface area (Å²) in [4.78, 5) is 28.6. The van der Waals surface area contributed by atoms with Crippen molar-refractivity contribution in [2.24, 2.45) is 0 Å². The number of nitrogens with one attached hydrogen (secondary N) is 1. The highest BCUT2D eigenvalue weighted by Gasteiger charge is 2.40. The minimum Gasteiger partial charge on any atom is -0.480 e. The lowest BCUT2D eigenvalue weighted by atomic mass is 10.1. The molecular formula is C9H8F3N3O3. The number of carbonyl (C=O) groups excluding carboxylic acids is 1. The van der Waals surface area contributed by atoms with Crippen LogP contribution in [0.5, 0.6) is 0 Å². The van der Waals surface area contributed by atoms with Gasteiger partial charge in [-0.2, -0.15) is 13.2 Å². The number of alkyl halides is 3. The van der Waals surface area contributed by atoms with Crippen molar-refractivity contribution < 1.29 is 27.9 Å². The Balaban J connectivity index is 2.73. The Bertz CT molecular complexity index is 436. The Labute approximate surface area is 98.9 Å². The summed E-state index contributed by atoms with van der Waals surface area (Å²) >= 11 is 0. The van der Waals surface area contributed by atoms with Gasteiger partial charge in [0, 0.05) is 18.3 Å². The molecule has 0 saturated carbocycles. The number of carbonyl (C=O) groups is 2. The van der Waals surface area contributed by atoms with Crippen molar-refractivity contribution in [1.29, 1.82) is 0 Å². The van der Waals surface area contributed by atoms with Gasteiger partial charge in [0.25, 0.3) is 0 Å². The largest absolute Gasteiger partial charge is 0.480 e. The molecule has 0 aromatic carbocycles. The predicted molar refractivity (Wildman–Crippen MR) is 51.4 cm³/mol. The van der Waals surface area contributed by atoms with E-state index in [1.807, 2.05) is 0 Å². The van der Waals surface area contributed by atoms with E-state index in [0.29, 0.717) is 0 Å². The minimum absolute atomic E-state index is 0.208. The maximum Gasteiger partial charge on any atom is 0.471 e. The first kappa shape index (κ1) is 13.9. The molecule has 1 amide bonds. The maximum absolute atomic E-state index is 12.0. The molecule has 0 spiro atoms. The second-order valence-electron chi connectivity index (χ2n) is 3.27. The highest BCUT2D eigenvalue weighted by atomic mass is 19.4. The number of amides is 1. The number of hydrogen-bond acceptors (Lipinski definition) is 4. The van der Waals surface area contributed by atoms with Crippen molar-refractivity contribution in [3.63, 3.8) is 0 Å². The summed E-state index contributed by atoms with van der Waals surface area (Å²) in [5.41, 5.74) is 0.208. The van der Waals surface area contributed by atoms with Gasteiger partial charge in [-0.25, -0.2) is 14.8 Å². The molecule has 18 heavy (non-hydrogen) atoms. The van der Waals surface area contributed by atoms with Crippen LogP contribution in [0, 0.1) is 0 Å². The number of hydrogen-bond donors (Lipinski definition) is 2. The summed E-state index contributed by atoms with van der Waals surface area (Å²) in [5.74, 6) is -3.88. The van der Waals surface area contributed by atoms with Crippen molar-refractivity contribution in [2.45, 2.75) is 18.6 Å². The van der Waals surface area contributed by atoms with Crippen LogP contribution in [-0.2, 0) is 16.0 Å². The second-order valence-corrected chi connectivity index (χ2v) is 3.27. The molecule has 0 aliphatic carbocycles. The van der Waals surface area contributed by atoms with Crippen molar-refractivity contribution >= 4 is 11.9 Å². The zero-order chi connectivity index (χ0) is 13.8. The van der Waals surface area contributed by atoms with Gasteiger partial charge in [-0.3, -0.25) is 4.79 Å². The minimum atomic E-state index is -5.13. The van der Waals surface area contributed by atoms with Crippen LogP contribution in [0.25, 0.3) is 0 Å². The van der Waals surface area contributed by atoms with Crippen molar-refractivity contribution in [3.05, 3.63) is 24.3 Å². The summed E-state index contributed by atoms with van der Waals surface area (Å²) in [7, 11) is 0.